The number of para-hydroxylation sites is 1. The lowest BCUT2D eigenvalue weighted by Gasteiger charge is -2.23. The summed E-state index contributed by atoms with van der Waals surface area (Å²) in [7, 11) is 18.2. The summed E-state index contributed by atoms with van der Waals surface area (Å²) < 4.78 is 5.70. The zero-order chi connectivity index (χ0) is 27.4. The zero-order valence-electron chi connectivity index (χ0n) is 20.8. The number of aliphatic hydroxyl groups excluding tert-OH is 1. The molecule has 0 spiro atoms. The monoisotopic (exact) mass is 522 g/mol. The van der Waals surface area contributed by atoms with E-state index in [4.69, 9.17) is 28.3 Å². The number of anilines is 4. The largest absolute Gasteiger partial charge is 0.494 e. The molecule has 4 N–H and O–H groups in total. The van der Waals surface area contributed by atoms with Crippen LogP contribution in [0.4, 0.5) is 23.0 Å². The van der Waals surface area contributed by atoms with Crippen LogP contribution in [0.1, 0.15) is 34.1 Å². The van der Waals surface area contributed by atoms with E-state index in [0.29, 0.717) is 32.7 Å². The van der Waals surface area contributed by atoms with Gasteiger partial charge in [0.05, 0.1) is 64.3 Å². The van der Waals surface area contributed by atoms with Gasteiger partial charge in [-0.25, -0.2) is 4.98 Å². The molecular formula is C23H21B3N8O3S. The van der Waals surface area contributed by atoms with Crippen LogP contribution in [0.15, 0.2) is 42.6 Å². The van der Waals surface area contributed by atoms with Gasteiger partial charge in [-0.15, -0.1) is 26.6 Å². The minimum absolute atomic E-state index is 0.130. The second kappa shape index (κ2) is 11.2. The van der Waals surface area contributed by atoms with Gasteiger partial charge in [0.15, 0.2) is 23.1 Å². The second-order valence-electron chi connectivity index (χ2n) is 8.32. The average molecular weight is 522 g/mol. The number of aliphatic hydroxyl groups is 1. The lowest BCUT2D eigenvalue weighted by atomic mass is 9.49. The van der Waals surface area contributed by atoms with E-state index in [1.807, 2.05) is 13.0 Å². The number of carbonyl (C=O) groups is 1. The standard InChI is InChI=1S/C23H21B3N8O3S/c1-11-7-8-17(32-31-11)29-18-9-15(19(34-33-18)21(36)30-23(24,25)26)28-14-6-4-5-13(20(14)37-3)22-27-10-16(38-22)12(2)35/h4-10,12,35H,1-3H3,(H,30,36)(H2,28,29,32,33). The van der Waals surface area contributed by atoms with E-state index in [1.165, 1.54) is 18.4 Å². The fraction of sp³-hybridized carbons (Fsp3) is 0.217. The van der Waals surface area contributed by atoms with E-state index >= 15 is 0 Å². The molecule has 0 aliphatic heterocycles. The van der Waals surface area contributed by atoms with Crippen molar-refractivity contribution in [1.82, 2.24) is 30.7 Å². The van der Waals surface area contributed by atoms with Crippen LogP contribution in [0.25, 0.3) is 10.6 Å². The van der Waals surface area contributed by atoms with Crippen molar-refractivity contribution in [3.8, 4) is 16.3 Å². The number of amides is 1. The van der Waals surface area contributed by atoms with E-state index < -0.39 is 17.2 Å². The molecule has 4 rings (SSSR count). The highest BCUT2D eigenvalue weighted by atomic mass is 32.1. The van der Waals surface area contributed by atoms with Crippen LogP contribution in [0.2, 0.25) is 0 Å². The number of hydrogen-bond acceptors (Lipinski definition) is 11. The lowest BCUT2D eigenvalue weighted by Crippen LogP contribution is -2.50. The molecular weight excluding hydrogens is 501 g/mol. The number of aryl methyl sites for hydroxylation is 1. The van der Waals surface area contributed by atoms with Crippen LogP contribution in [-0.4, -0.2) is 72.3 Å². The Morgan fingerprint density at radius 2 is 1.82 bits per heavy atom. The normalized spacial score (nSPS) is 12.0. The molecule has 0 aliphatic rings. The molecule has 15 heteroatoms. The van der Waals surface area contributed by atoms with Gasteiger partial charge in [-0.3, -0.25) is 4.79 Å². The lowest BCUT2D eigenvalue weighted by molar-refractivity contribution is 0.0947. The zero-order valence-corrected chi connectivity index (χ0v) is 21.6. The van der Waals surface area contributed by atoms with E-state index in [9.17, 15) is 9.90 Å². The first-order valence-electron chi connectivity index (χ1n) is 11.3. The Morgan fingerprint density at radius 1 is 1.05 bits per heavy atom. The van der Waals surface area contributed by atoms with Gasteiger partial charge in [0.25, 0.3) is 5.91 Å². The number of ether oxygens (including phenoxy) is 1. The minimum Gasteiger partial charge on any atom is -0.494 e. The van der Waals surface area contributed by atoms with Crippen molar-refractivity contribution in [1.29, 1.82) is 0 Å². The third-order valence-electron chi connectivity index (χ3n) is 5.05. The van der Waals surface area contributed by atoms with Gasteiger partial charge in [-0.1, -0.05) is 11.3 Å². The predicted octanol–water partition coefficient (Wildman–Crippen LogP) is 2.09. The molecule has 4 aromatic rings. The highest BCUT2D eigenvalue weighted by molar-refractivity contribution is 7.15. The SMILES string of the molecule is [B]C([B])([B])NC(=O)c1nnc(Nc2ccc(C)nn2)cc1Nc1cccc(-c2ncc(C(C)O)s2)c1OC. The Kier molecular flexibility index (Phi) is 7.98. The number of methoxy groups -OCH3 is 1. The van der Waals surface area contributed by atoms with E-state index in [0.717, 1.165) is 5.69 Å². The van der Waals surface area contributed by atoms with E-state index in [2.05, 4.69) is 41.3 Å². The first kappa shape index (κ1) is 27.1. The number of aromatic nitrogens is 5. The maximum Gasteiger partial charge on any atom is 0.272 e. The second-order valence-corrected chi connectivity index (χ2v) is 9.38. The average Bonchev–Trinajstić information content (AvgIpc) is 3.35. The van der Waals surface area contributed by atoms with Gasteiger partial charge >= 0.3 is 0 Å². The predicted molar refractivity (Wildman–Crippen MR) is 148 cm³/mol. The molecule has 1 aromatic carbocycles. The first-order valence-corrected chi connectivity index (χ1v) is 12.1. The smallest absolute Gasteiger partial charge is 0.272 e. The van der Waals surface area contributed by atoms with Crippen molar-refractivity contribution in [2.45, 2.75) is 25.2 Å². The van der Waals surface area contributed by atoms with Crippen molar-refractivity contribution in [2.24, 2.45) is 0 Å². The number of rotatable bonds is 9. The van der Waals surface area contributed by atoms with Crippen LogP contribution >= 0.6 is 11.3 Å². The van der Waals surface area contributed by atoms with Crippen molar-refractivity contribution in [3.63, 3.8) is 0 Å². The Labute approximate surface area is 227 Å². The fourth-order valence-corrected chi connectivity index (χ4v) is 4.22. The number of nitrogens with zero attached hydrogens (tertiary/aromatic N) is 5. The van der Waals surface area contributed by atoms with Crippen LogP contribution in [-0.2, 0) is 0 Å². The summed E-state index contributed by atoms with van der Waals surface area (Å²) in [4.78, 5) is 18.0. The van der Waals surface area contributed by atoms with Crippen LogP contribution < -0.4 is 20.7 Å². The van der Waals surface area contributed by atoms with Crippen LogP contribution in [0.5, 0.6) is 5.75 Å². The quantitative estimate of drug-likeness (QED) is 0.241. The maximum atomic E-state index is 12.9. The molecule has 1 atom stereocenters. The summed E-state index contributed by atoms with van der Waals surface area (Å²) in [6, 6.07) is 10.4. The van der Waals surface area contributed by atoms with Gasteiger partial charge in [0.2, 0.25) is 0 Å². The molecule has 0 aliphatic carbocycles. The Bertz CT molecular complexity index is 1440. The molecule has 11 nitrogen and oxygen atoms in total. The molecule has 0 saturated carbocycles. The summed E-state index contributed by atoms with van der Waals surface area (Å²) in [6.45, 7) is 3.48. The van der Waals surface area contributed by atoms with E-state index in [-0.39, 0.29) is 17.2 Å². The summed E-state index contributed by atoms with van der Waals surface area (Å²) >= 11 is 1.34. The summed E-state index contributed by atoms with van der Waals surface area (Å²) in [5.41, 5.74) is 2.04. The van der Waals surface area contributed by atoms with Crippen molar-refractivity contribution >= 4 is 63.8 Å². The molecule has 3 aromatic heterocycles. The van der Waals surface area contributed by atoms with Gasteiger partial charge in [-0.2, -0.15) is 5.10 Å². The van der Waals surface area contributed by atoms with Gasteiger partial charge in [0, 0.05) is 12.3 Å². The molecule has 38 heavy (non-hydrogen) atoms. The van der Waals surface area contributed by atoms with Crippen molar-refractivity contribution in [2.75, 3.05) is 17.7 Å². The Balaban J connectivity index is 1.74. The molecule has 1 unspecified atom stereocenters. The molecule has 0 fully saturated rings. The highest BCUT2D eigenvalue weighted by Crippen LogP contribution is 2.40. The van der Waals surface area contributed by atoms with Gasteiger partial charge in [0.1, 0.15) is 5.01 Å². The van der Waals surface area contributed by atoms with E-state index in [1.54, 1.807) is 43.5 Å². The molecule has 186 valence electrons. The molecule has 1 amide bonds. The molecule has 0 saturated heterocycles. The van der Waals surface area contributed by atoms with Crippen LogP contribution in [0, 0.1) is 6.92 Å². The molecule has 6 radical (unpaired) electrons. The van der Waals surface area contributed by atoms with Crippen LogP contribution in [0.3, 0.4) is 0 Å². The third-order valence-corrected chi connectivity index (χ3v) is 6.25. The third kappa shape index (κ3) is 6.47. The summed E-state index contributed by atoms with van der Waals surface area (Å²) in [6.07, 6.45) is 0.964. The molecule has 0 bridgehead atoms. The number of nitrogens with one attached hydrogen (secondary N) is 3. The Morgan fingerprint density at radius 3 is 2.45 bits per heavy atom. The highest BCUT2D eigenvalue weighted by Gasteiger charge is 2.22. The van der Waals surface area contributed by atoms with Crippen molar-refractivity contribution in [3.05, 3.63) is 58.9 Å². The van der Waals surface area contributed by atoms with Gasteiger partial charge in [-0.05, 0) is 38.1 Å². The summed E-state index contributed by atoms with van der Waals surface area (Å²) in [5, 5.41) is 33.2. The topological polar surface area (TPSA) is 147 Å². The fourth-order valence-electron chi connectivity index (χ4n) is 3.34. The van der Waals surface area contributed by atoms with Gasteiger partial charge < -0.3 is 25.8 Å². The summed E-state index contributed by atoms with van der Waals surface area (Å²) in [5.74, 6) is 0.395. The number of thiazole rings is 1. The van der Waals surface area contributed by atoms with Crippen molar-refractivity contribution < 1.29 is 14.6 Å². The maximum absolute atomic E-state index is 12.9. The Hall–Kier alpha value is -3.97. The number of carbonyl (C=O) groups excluding carboxylic acids is 1. The molecule has 3 heterocycles. The number of benzene rings is 1. The number of hydrogen-bond donors (Lipinski definition) is 4. The minimum atomic E-state index is -1.98. The first-order chi connectivity index (χ1) is 18.0.